The van der Waals surface area contributed by atoms with E-state index in [0.29, 0.717) is 73.1 Å². The third-order valence-electron chi connectivity index (χ3n) is 16.9. The standard InChI is InChI=1S/C44H25F4N3.C44H25N5Se2.2Pt/c45-33-18-31(42-24-38(40(47)26-49-42)29-10-3-1-4-11-29)20-35(22-33)51(44-17-9-15-28-14-7-8-16-37(28)44)36-21-32(19-34(46)23-36)43-25-39(41(48)27-50-43)30-12-5-2-6-13-30;1-46-36-23-35(41-27-33(16-18-48-41)44-14-8-20-51-44)25-38(28-36)49(42-12-6-5-11-39(42)31-9-3-2-4-10-31)37-22-30(29-45)21-34(24-37)40-26-32(15-17-47-40)43-13-7-19-50-43;;/h1-19,22-27H;2-23,26-28H;;/q2*-2;2*+2. The van der Waals surface area contributed by atoms with Crippen molar-refractivity contribution >= 4 is 79.6 Å². The van der Waals surface area contributed by atoms with Crippen LogP contribution in [0.15, 0.2) is 302 Å². The Hall–Kier alpha value is -11.3. The summed E-state index contributed by atoms with van der Waals surface area (Å²) in [6.45, 7) is 8.10. The molecule has 104 heavy (non-hydrogen) atoms. The largest absolute Gasteiger partial charge is 2.00 e. The van der Waals surface area contributed by atoms with E-state index in [1.54, 1.807) is 65.6 Å². The van der Waals surface area contributed by atoms with E-state index in [9.17, 15) is 14.0 Å². The molecule has 16 rings (SSSR count). The van der Waals surface area contributed by atoms with Crippen LogP contribution in [-0.4, -0.2) is 48.9 Å². The maximum atomic E-state index is 15.7. The predicted molar refractivity (Wildman–Crippen MR) is 400 cm³/mol. The number of nitriles is 1. The summed E-state index contributed by atoms with van der Waals surface area (Å²) in [5, 5.41) is 12.0. The SMILES string of the molecule is Fc1cc(-c2cc(-c3ccccc3)c(F)cn2)[c-]c(N(c2[c-]c(-c3cc(-c4ccccc4)c(F)cn3)cc(F)c2)c2cccc3ccccc23)c1.[C-]#[N+]c1cc(-c2cc(-c3ccc[se]3)ccn2)[c-]c(N(c2[c-]c(-c3cc(-c4ccc[se]4)ccn3)cc(C#N)c2)c2ccccc2-c2ccccc2)c1.[Pt+2].[Pt+2]. The van der Waals surface area contributed by atoms with Crippen molar-refractivity contribution in [3.05, 3.63) is 366 Å². The summed E-state index contributed by atoms with van der Waals surface area (Å²) in [7, 11) is 0. The molecule has 0 amide bonds. The quantitative estimate of drug-likeness (QED) is 0.0574. The molecule has 6 heterocycles. The second kappa shape index (κ2) is 32.4. The molecule has 0 aliphatic carbocycles. The van der Waals surface area contributed by atoms with Gasteiger partial charge in [-0.2, -0.15) is 0 Å². The van der Waals surface area contributed by atoms with E-state index in [-0.39, 0.29) is 93.6 Å². The number of aromatic nitrogens is 4. The van der Waals surface area contributed by atoms with Gasteiger partial charge in [0, 0.05) is 28.1 Å². The van der Waals surface area contributed by atoms with Gasteiger partial charge in [-0.05, 0) is 45.3 Å². The smallest absolute Gasteiger partial charge is 2.00 e. The molecule has 10 aromatic carbocycles. The number of anilines is 6. The van der Waals surface area contributed by atoms with Crippen LogP contribution >= 0.6 is 0 Å². The maximum absolute atomic E-state index is 15.7. The van der Waals surface area contributed by atoms with Crippen molar-refractivity contribution in [2.75, 3.05) is 9.80 Å². The molecule has 8 nitrogen and oxygen atoms in total. The number of para-hydroxylation sites is 1. The van der Waals surface area contributed by atoms with E-state index < -0.39 is 23.3 Å². The molecule has 0 fully saturated rings. The Balaban J connectivity index is 0.000000181. The van der Waals surface area contributed by atoms with Crippen LogP contribution < -0.4 is 9.80 Å². The van der Waals surface area contributed by atoms with Crippen LogP contribution in [0.1, 0.15) is 5.56 Å². The van der Waals surface area contributed by atoms with Crippen molar-refractivity contribution in [1.82, 2.24) is 19.9 Å². The number of hydrogen-bond acceptors (Lipinski definition) is 7. The van der Waals surface area contributed by atoms with E-state index in [2.05, 4.69) is 110 Å². The molecular weight excluding hydrogens is 1790 g/mol. The molecule has 0 unspecified atom stereocenters. The van der Waals surface area contributed by atoms with Gasteiger partial charge < -0.3 is 14.9 Å². The van der Waals surface area contributed by atoms with Crippen LogP contribution in [0, 0.1) is 65.4 Å². The Morgan fingerprint density at radius 3 is 1.34 bits per heavy atom. The van der Waals surface area contributed by atoms with Crippen LogP contribution in [0.2, 0.25) is 0 Å². The summed E-state index contributed by atoms with van der Waals surface area (Å²) in [5.41, 5.74) is 14.1. The molecule has 0 aliphatic rings. The fourth-order valence-electron chi connectivity index (χ4n) is 12.2. The number of rotatable bonds is 15. The molecule has 0 spiro atoms. The van der Waals surface area contributed by atoms with Crippen LogP contribution in [0.25, 0.3) is 114 Å². The van der Waals surface area contributed by atoms with E-state index >= 15 is 8.78 Å². The molecular formula is C88H50F4N8Pt2Se2. The Bertz CT molecular complexity index is 5560. The third kappa shape index (κ3) is 15.6. The molecule has 502 valence electrons. The van der Waals surface area contributed by atoms with Gasteiger partial charge in [-0.15, -0.1) is 35.4 Å². The number of benzene rings is 10. The zero-order valence-electron chi connectivity index (χ0n) is 54.4. The summed E-state index contributed by atoms with van der Waals surface area (Å²) in [5.74, 6) is -2.27. The number of halogens is 4. The Morgan fingerprint density at radius 1 is 0.385 bits per heavy atom. The predicted octanol–water partition coefficient (Wildman–Crippen LogP) is 22.3. The second-order valence-corrected chi connectivity index (χ2v) is 27.4. The molecule has 0 aliphatic heterocycles. The van der Waals surface area contributed by atoms with Crippen LogP contribution in [0.5, 0.6) is 0 Å². The van der Waals surface area contributed by atoms with Crippen molar-refractivity contribution in [1.29, 1.82) is 5.26 Å². The monoisotopic (exact) mass is 1840 g/mol. The maximum Gasteiger partial charge on any atom is 2.00 e. The molecule has 0 saturated carbocycles. The first-order valence-electron chi connectivity index (χ1n) is 32.1. The normalized spacial score (nSPS) is 10.7. The summed E-state index contributed by atoms with van der Waals surface area (Å²) in [6.07, 6.45) is 5.83. The topological polar surface area (TPSA) is 86.2 Å². The van der Waals surface area contributed by atoms with Gasteiger partial charge in [-0.3, -0.25) is 0 Å². The fourth-order valence-corrected chi connectivity index (χ4v) is 15.2. The van der Waals surface area contributed by atoms with Crippen molar-refractivity contribution in [3.63, 3.8) is 0 Å². The van der Waals surface area contributed by atoms with Crippen molar-refractivity contribution in [2.45, 2.75) is 0 Å². The molecule has 6 aromatic heterocycles. The van der Waals surface area contributed by atoms with Gasteiger partial charge in [0.25, 0.3) is 0 Å². The molecule has 0 radical (unpaired) electrons. The molecule has 0 bridgehead atoms. The number of hydrogen-bond donors (Lipinski definition) is 0. The number of fused-ring (bicyclic) bond motifs is 1. The van der Waals surface area contributed by atoms with Gasteiger partial charge >= 0.3 is 334 Å². The average molecular weight is 1840 g/mol. The Labute approximate surface area is 639 Å². The van der Waals surface area contributed by atoms with Crippen molar-refractivity contribution < 1.29 is 59.7 Å². The summed E-state index contributed by atoms with van der Waals surface area (Å²) in [4.78, 5) is 30.0. The van der Waals surface area contributed by atoms with Gasteiger partial charge in [0.05, 0.1) is 18.1 Å². The number of nitrogens with zero attached hydrogens (tertiary/aromatic N) is 8. The van der Waals surface area contributed by atoms with Gasteiger partial charge in [-0.25, -0.2) is 17.6 Å². The molecule has 0 N–H and O–H groups in total. The van der Waals surface area contributed by atoms with Crippen LogP contribution in [0.3, 0.4) is 0 Å². The van der Waals surface area contributed by atoms with Crippen molar-refractivity contribution in [3.8, 4) is 104 Å². The second-order valence-electron chi connectivity index (χ2n) is 23.4. The van der Waals surface area contributed by atoms with Crippen LogP contribution in [-0.2, 0) is 42.1 Å². The fraction of sp³-hybridized carbons (Fsp3) is 0. The summed E-state index contributed by atoms with van der Waals surface area (Å²) in [6, 6.07) is 98.0. The first-order chi connectivity index (χ1) is 50.1. The summed E-state index contributed by atoms with van der Waals surface area (Å²) >= 11 is 0.533. The molecule has 16 aromatic rings. The molecule has 16 heteroatoms. The first-order valence-corrected chi connectivity index (χ1v) is 35.8. The van der Waals surface area contributed by atoms with E-state index in [1.165, 1.54) is 33.1 Å². The van der Waals surface area contributed by atoms with E-state index in [1.807, 2.05) is 145 Å². The minimum Gasteiger partial charge on any atom is 2.00 e. The molecule has 0 saturated heterocycles. The van der Waals surface area contributed by atoms with E-state index in [0.717, 1.165) is 62.5 Å². The zero-order chi connectivity index (χ0) is 69.5. The zero-order valence-corrected chi connectivity index (χ0v) is 62.4. The van der Waals surface area contributed by atoms with Gasteiger partial charge in [-0.1, -0.05) is 140 Å². The van der Waals surface area contributed by atoms with Crippen molar-refractivity contribution in [2.24, 2.45) is 0 Å². The minimum absolute atomic E-state index is 0. The summed E-state index contributed by atoms with van der Waals surface area (Å²) < 4.78 is 64.0. The molecule has 0 atom stereocenters. The van der Waals surface area contributed by atoms with E-state index in [4.69, 9.17) is 16.5 Å². The van der Waals surface area contributed by atoms with Crippen LogP contribution in [0.4, 0.5) is 57.4 Å². The first kappa shape index (κ1) is 71.1. The average Bonchev–Trinajstić information content (AvgIpc) is 0.877. The minimum atomic E-state index is -0.610. The Kier molecular flexibility index (Phi) is 22.1. The van der Waals surface area contributed by atoms with Gasteiger partial charge in [0.1, 0.15) is 11.6 Å². The van der Waals surface area contributed by atoms with Gasteiger partial charge in [0.2, 0.25) is 0 Å². The Morgan fingerprint density at radius 2 is 0.817 bits per heavy atom. The third-order valence-corrected chi connectivity index (χ3v) is 20.8. The number of pyridine rings is 4. The van der Waals surface area contributed by atoms with Gasteiger partial charge in [0.15, 0.2) is 0 Å².